The number of hydrogen-bond donors (Lipinski definition) is 2. The number of nitrogens with zero attached hydrogens (tertiary/aromatic N) is 4. The molecule has 0 bridgehead atoms. The molecule has 0 radical (unpaired) electrons. The second kappa shape index (κ2) is 10.0. The van der Waals surface area contributed by atoms with E-state index in [1.807, 2.05) is 48.5 Å². The molecule has 2 heterocycles. The molecular formula is C29H29ClN6O2. The van der Waals surface area contributed by atoms with Crippen LogP contribution in [0.5, 0.6) is 0 Å². The van der Waals surface area contributed by atoms with Gasteiger partial charge >= 0.3 is 5.97 Å². The van der Waals surface area contributed by atoms with Crippen molar-refractivity contribution in [2.24, 2.45) is 11.3 Å². The van der Waals surface area contributed by atoms with E-state index in [1.54, 1.807) is 0 Å². The molecule has 0 fully saturated rings. The van der Waals surface area contributed by atoms with Crippen LogP contribution in [0.25, 0.3) is 22.6 Å². The van der Waals surface area contributed by atoms with Crippen LogP contribution in [0.4, 0.5) is 11.9 Å². The quantitative estimate of drug-likeness (QED) is 0.320. The summed E-state index contributed by atoms with van der Waals surface area (Å²) >= 11 is 6.28. The van der Waals surface area contributed by atoms with E-state index in [0.29, 0.717) is 17.0 Å². The van der Waals surface area contributed by atoms with Crippen LogP contribution in [-0.2, 0) is 17.8 Å². The standard InChI is InChI=1S/C29H29ClN6O2/c1-29(2,3)18-13-17(11-16-7-6-8-19(30)12-16)25-21(14-18)24(20-9-4-5-10-22(20)33-25)26(37)38-15-23-34-27(31)36-28(32)35-23/h4-12,18H,13-15H2,1-3H3,(H4,31,32,34,35,36)/b17-11-/t18-/m1/s1. The van der Waals surface area contributed by atoms with Gasteiger partial charge in [-0.05, 0) is 65.1 Å². The summed E-state index contributed by atoms with van der Waals surface area (Å²) in [5.74, 6) is -0.0740. The zero-order valence-corrected chi connectivity index (χ0v) is 22.3. The molecule has 4 aromatic rings. The first-order valence-corrected chi connectivity index (χ1v) is 12.8. The van der Waals surface area contributed by atoms with Gasteiger partial charge in [0.2, 0.25) is 11.9 Å². The number of rotatable bonds is 4. The Labute approximate surface area is 226 Å². The van der Waals surface area contributed by atoms with Gasteiger partial charge in [-0.2, -0.15) is 15.0 Å². The first-order valence-electron chi connectivity index (χ1n) is 12.4. The third-order valence-electron chi connectivity index (χ3n) is 6.88. The van der Waals surface area contributed by atoms with E-state index in [1.165, 1.54) is 0 Å². The third-order valence-corrected chi connectivity index (χ3v) is 7.12. The average Bonchev–Trinajstić information content (AvgIpc) is 2.85. The van der Waals surface area contributed by atoms with Crippen LogP contribution in [0.2, 0.25) is 5.02 Å². The largest absolute Gasteiger partial charge is 0.454 e. The number of pyridine rings is 1. The summed E-state index contributed by atoms with van der Waals surface area (Å²) < 4.78 is 5.72. The SMILES string of the molecule is CC(C)(C)[C@@H]1C/C(=C/c2cccc(Cl)c2)c2nc3ccccc3c(C(=O)OCc3nc(N)nc(N)n3)c2C1. The third kappa shape index (κ3) is 5.31. The van der Waals surface area contributed by atoms with Gasteiger partial charge in [-0.3, -0.25) is 0 Å². The van der Waals surface area contributed by atoms with Gasteiger partial charge in [0.25, 0.3) is 0 Å². The molecule has 0 saturated carbocycles. The lowest BCUT2D eigenvalue weighted by Crippen LogP contribution is -2.28. The van der Waals surface area contributed by atoms with Crippen LogP contribution in [0.15, 0.2) is 48.5 Å². The van der Waals surface area contributed by atoms with Crippen molar-refractivity contribution < 1.29 is 9.53 Å². The van der Waals surface area contributed by atoms with Crippen LogP contribution in [0.1, 0.15) is 60.2 Å². The van der Waals surface area contributed by atoms with E-state index in [4.69, 9.17) is 32.8 Å². The summed E-state index contributed by atoms with van der Waals surface area (Å²) in [7, 11) is 0. The fourth-order valence-electron chi connectivity index (χ4n) is 4.89. The number of ether oxygens (including phenoxy) is 1. The Hall–Kier alpha value is -4.04. The van der Waals surface area contributed by atoms with Crippen molar-refractivity contribution in [2.75, 3.05) is 11.5 Å². The molecule has 0 unspecified atom stereocenters. The molecular weight excluding hydrogens is 500 g/mol. The lowest BCUT2D eigenvalue weighted by atomic mass is 9.69. The van der Waals surface area contributed by atoms with Crippen LogP contribution in [0.3, 0.4) is 0 Å². The summed E-state index contributed by atoms with van der Waals surface area (Å²) in [5, 5.41) is 1.40. The maximum atomic E-state index is 13.7. The highest BCUT2D eigenvalue weighted by atomic mass is 35.5. The summed E-state index contributed by atoms with van der Waals surface area (Å²) in [6.45, 7) is 6.49. The van der Waals surface area contributed by atoms with Crippen molar-refractivity contribution in [3.8, 4) is 0 Å². The minimum atomic E-state index is -0.478. The maximum Gasteiger partial charge on any atom is 0.339 e. The van der Waals surface area contributed by atoms with Gasteiger partial charge in [0.15, 0.2) is 12.4 Å². The van der Waals surface area contributed by atoms with Gasteiger partial charge in [0, 0.05) is 10.4 Å². The van der Waals surface area contributed by atoms with Crippen LogP contribution < -0.4 is 11.5 Å². The molecule has 4 N–H and O–H groups in total. The topological polar surface area (TPSA) is 130 Å². The number of benzene rings is 2. The van der Waals surface area contributed by atoms with E-state index < -0.39 is 5.97 Å². The Morgan fingerprint density at radius 2 is 1.76 bits per heavy atom. The van der Waals surface area contributed by atoms with Gasteiger partial charge in [-0.1, -0.05) is 62.7 Å². The number of carbonyl (C=O) groups excluding carboxylic acids is 1. The molecule has 0 amide bonds. The fourth-order valence-corrected chi connectivity index (χ4v) is 5.09. The number of esters is 1. The fraction of sp³-hybridized carbons (Fsp3) is 0.276. The Morgan fingerprint density at radius 1 is 1.03 bits per heavy atom. The zero-order chi connectivity index (χ0) is 27.0. The Balaban J connectivity index is 1.64. The molecule has 0 saturated heterocycles. The summed E-state index contributed by atoms with van der Waals surface area (Å²) in [6, 6.07) is 15.3. The van der Waals surface area contributed by atoms with E-state index in [0.717, 1.165) is 39.7 Å². The van der Waals surface area contributed by atoms with Gasteiger partial charge in [0.05, 0.1) is 16.8 Å². The van der Waals surface area contributed by atoms with Crippen LogP contribution in [-0.4, -0.2) is 25.9 Å². The van der Waals surface area contributed by atoms with Crippen molar-refractivity contribution in [3.05, 3.63) is 81.8 Å². The highest BCUT2D eigenvalue weighted by Crippen LogP contribution is 2.45. The molecule has 1 atom stereocenters. The predicted molar refractivity (Wildman–Crippen MR) is 150 cm³/mol. The first-order chi connectivity index (χ1) is 18.1. The molecule has 1 aliphatic rings. The van der Waals surface area contributed by atoms with Crippen LogP contribution >= 0.6 is 11.6 Å². The van der Waals surface area contributed by atoms with Crippen molar-refractivity contribution >= 4 is 52.0 Å². The molecule has 38 heavy (non-hydrogen) atoms. The number of allylic oxidation sites excluding steroid dienone is 1. The van der Waals surface area contributed by atoms with Gasteiger partial charge in [-0.25, -0.2) is 9.78 Å². The Kier molecular flexibility index (Phi) is 6.75. The first kappa shape index (κ1) is 25.6. The summed E-state index contributed by atoms with van der Waals surface area (Å²) in [4.78, 5) is 30.6. The molecule has 9 heteroatoms. The van der Waals surface area contributed by atoms with Gasteiger partial charge < -0.3 is 16.2 Å². The highest BCUT2D eigenvalue weighted by molar-refractivity contribution is 6.30. The summed E-state index contributed by atoms with van der Waals surface area (Å²) in [5.41, 5.74) is 16.3. The number of halogens is 1. The van der Waals surface area contributed by atoms with Crippen molar-refractivity contribution in [1.29, 1.82) is 0 Å². The average molecular weight is 529 g/mol. The molecule has 1 aliphatic carbocycles. The second-order valence-electron chi connectivity index (χ2n) is 10.6. The zero-order valence-electron chi connectivity index (χ0n) is 21.5. The molecule has 2 aromatic heterocycles. The normalized spacial score (nSPS) is 16.4. The van der Waals surface area contributed by atoms with E-state index in [9.17, 15) is 4.79 Å². The molecule has 5 rings (SSSR count). The summed E-state index contributed by atoms with van der Waals surface area (Å²) in [6.07, 6.45) is 3.64. The van der Waals surface area contributed by atoms with Gasteiger partial charge in [0.1, 0.15) is 0 Å². The number of aromatic nitrogens is 4. The number of fused-ring (bicyclic) bond motifs is 2. The molecule has 0 spiro atoms. The lowest BCUT2D eigenvalue weighted by molar-refractivity contribution is 0.0462. The predicted octanol–water partition coefficient (Wildman–Crippen LogP) is 5.74. The van der Waals surface area contributed by atoms with Crippen molar-refractivity contribution in [2.45, 2.75) is 40.2 Å². The lowest BCUT2D eigenvalue weighted by Gasteiger charge is -2.36. The van der Waals surface area contributed by atoms with Crippen molar-refractivity contribution in [3.63, 3.8) is 0 Å². The monoisotopic (exact) mass is 528 g/mol. The number of anilines is 2. The van der Waals surface area contributed by atoms with Crippen LogP contribution in [0, 0.1) is 11.3 Å². The highest BCUT2D eigenvalue weighted by Gasteiger charge is 2.35. The smallest absolute Gasteiger partial charge is 0.339 e. The number of carbonyl (C=O) groups is 1. The number of hydrogen-bond acceptors (Lipinski definition) is 8. The van der Waals surface area contributed by atoms with Gasteiger partial charge in [-0.15, -0.1) is 0 Å². The molecule has 8 nitrogen and oxygen atoms in total. The van der Waals surface area contributed by atoms with E-state index in [2.05, 4.69) is 41.8 Å². The van der Waals surface area contributed by atoms with E-state index in [-0.39, 0.29) is 35.7 Å². The Bertz CT molecular complexity index is 1560. The molecule has 194 valence electrons. The van der Waals surface area contributed by atoms with E-state index >= 15 is 0 Å². The Morgan fingerprint density at radius 3 is 2.47 bits per heavy atom. The minimum Gasteiger partial charge on any atom is -0.454 e. The molecule has 2 aromatic carbocycles. The maximum absolute atomic E-state index is 13.7. The number of nitrogen functional groups attached to an aromatic ring is 2. The minimum absolute atomic E-state index is 0.00212. The van der Waals surface area contributed by atoms with Crippen molar-refractivity contribution in [1.82, 2.24) is 19.9 Å². The number of nitrogens with two attached hydrogens (primary N) is 2. The molecule has 0 aliphatic heterocycles. The number of para-hydroxylation sites is 1. The second-order valence-corrected chi connectivity index (χ2v) is 11.0.